The highest BCUT2D eigenvalue weighted by molar-refractivity contribution is 6.30. The van der Waals surface area contributed by atoms with Crippen molar-refractivity contribution in [3.05, 3.63) is 63.9 Å². The van der Waals surface area contributed by atoms with Gasteiger partial charge < -0.3 is 0 Å². The van der Waals surface area contributed by atoms with Gasteiger partial charge in [0.2, 0.25) is 0 Å². The van der Waals surface area contributed by atoms with Crippen molar-refractivity contribution in [2.24, 2.45) is 10.2 Å². The lowest BCUT2D eigenvalue weighted by Gasteiger charge is -1.98. The third-order valence-electron chi connectivity index (χ3n) is 2.84. The highest BCUT2D eigenvalue weighted by Crippen LogP contribution is 2.26. The summed E-state index contributed by atoms with van der Waals surface area (Å²) in [6.45, 7) is 0. The van der Waals surface area contributed by atoms with Gasteiger partial charge in [-0.3, -0.25) is 20.0 Å². The van der Waals surface area contributed by atoms with Gasteiger partial charge in [0.15, 0.2) is 5.69 Å². The Morgan fingerprint density at radius 3 is 2.59 bits per heavy atom. The fraction of sp³-hybridized carbons (Fsp3) is 0. The quantitative estimate of drug-likeness (QED) is 0.716. The predicted molar refractivity (Wildman–Crippen MR) is 80.2 cm³/mol. The molecule has 0 aliphatic rings. The van der Waals surface area contributed by atoms with Gasteiger partial charge in [-0.05, 0) is 30.3 Å². The maximum absolute atomic E-state index is 13.0. The van der Waals surface area contributed by atoms with Gasteiger partial charge >= 0.3 is 0 Å². The molecular weight excluding hydrogens is 309 g/mol. The Bertz CT molecular complexity index is 885. The second kappa shape index (κ2) is 5.90. The van der Waals surface area contributed by atoms with E-state index < -0.39 is 5.56 Å². The van der Waals surface area contributed by atoms with E-state index in [1.807, 2.05) is 0 Å². The van der Waals surface area contributed by atoms with Crippen molar-refractivity contribution in [1.82, 2.24) is 15.2 Å². The van der Waals surface area contributed by atoms with Crippen LogP contribution in [0.4, 0.5) is 15.8 Å². The molecule has 2 heterocycles. The summed E-state index contributed by atoms with van der Waals surface area (Å²) in [4.78, 5) is 15.7. The van der Waals surface area contributed by atoms with Crippen LogP contribution in [0.25, 0.3) is 11.3 Å². The van der Waals surface area contributed by atoms with E-state index in [0.29, 0.717) is 22.0 Å². The Kier molecular flexibility index (Phi) is 3.80. The van der Waals surface area contributed by atoms with E-state index in [0.717, 1.165) is 0 Å². The van der Waals surface area contributed by atoms with Crippen molar-refractivity contribution in [3.8, 4) is 11.3 Å². The molecule has 0 radical (unpaired) electrons. The molecule has 0 atom stereocenters. The summed E-state index contributed by atoms with van der Waals surface area (Å²) >= 11 is 5.80. The smallest absolute Gasteiger partial charge is 0.292 e. The van der Waals surface area contributed by atoms with E-state index in [1.165, 1.54) is 36.7 Å². The Morgan fingerprint density at radius 2 is 1.86 bits per heavy atom. The Morgan fingerprint density at radius 1 is 1.09 bits per heavy atom. The molecule has 8 heteroatoms. The van der Waals surface area contributed by atoms with Crippen LogP contribution in [0.15, 0.2) is 57.7 Å². The third-order valence-corrected chi connectivity index (χ3v) is 3.05. The molecule has 0 spiro atoms. The molecule has 0 unspecified atom stereocenters. The number of aromatic nitrogens is 3. The first-order chi connectivity index (χ1) is 10.6. The van der Waals surface area contributed by atoms with Crippen molar-refractivity contribution in [2.45, 2.75) is 0 Å². The van der Waals surface area contributed by atoms with Crippen molar-refractivity contribution < 1.29 is 4.39 Å². The highest BCUT2D eigenvalue weighted by Gasteiger charge is 2.11. The van der Waals surface area contributed by atoms with Crippen LogP contribution >= 0.6 is 11.6 Å². The number of pyridine rings is 1. The molecule has 0 aliphatic carbocycles. The standard InChI is InChI=1S/C14H9ClFN5O/c15-9-5-11(7-17-6-9)18-20-13-12(19-21-14(13)22)8-1-3-10(16)4-2-8/h1-7H,(H2,19,21,22). The molecule has 2 aromatic heterocycles. The van der Waals surface area contributed by atoms with E-state index in [1.54, 1.807) is 6.07 Å². The minimum atomic E-state index is -0.432. The zero-order valence-electron chi connectivity index (χ0n) is 11.0. The Labute approximate surface area is 128 Å². The largest absolute Gasteiger partial charge is 0.295 e. The molecule has 0 aliphatic heterocycles. The number of benzene rings is 1. The number of aromatic amines is 2. The van der Waals surface area contributed by atoms with Gasteiger partial charge in [-0.1, -0.05) is 11.6 Å². The van der Waals surface area contributed by atoms with Gasteiger partial charge in [0, 0.05) is 11.8 Å². The fourth-order valence-electron chi connectivity index (χ4n) is 1.84. The Balaban J connectivity index is 1.99. The predicted octanol–water partition coefficient (Wildman–Crippen LogP) is 3.97. The minimum Gasteiger partial charge on any atom is -0.295 e. The third kappa shape index (κ3) is 2.94. The average Bonchev–Trinajstić information content (AvgIpc) is 2.87. The lowest BCUT2D eigenvalue weighted by Crippen LogP contribution is -1.96. The normalized spacial score (nSPS) is 11.2. The topological polar surface area (TPSA) is 86.3 Å². The highest BCUT2D eigenvalue weighted by atomic mass is 35.5. The van der Waals surface area contributed by atoms with Gasteiger partial charge in [0.25, 0.3) is 5.56 Å². The van der Waals surface area contributed by atoms with Crippen LogP contribution in [-0.2, 0) is 0 Å². The number of halogens is 2. The SMILES string of the molecule is O=c1[nH][nH]c(-c2ccc(F)cc2)c1N=Nc1cncc(Cl)c1. The minimum absolute atomic E-state index is 0.0894. The summed E-state index contributed by atoms with van der Waals surface area (Å²) in [5.41, 5.74) is 1.10. The second-order valence-electron chi connectivity index (χ2n) is 4.37. The van der Waals surface area contributed by atoms with E-state index >= 15 is 0 Å². The number of hydrogen-bond donors (Lipinski definition) is 2. The fourth-order valence-corrected chi connectivity index (χ4v) is 2.00. The maximum atomic E-state index is 13.0. The zero-order valence-corrected chi connectivity index (χ0v) is 11.8. The molecule has 0 amide bonds. The number of H-pyrrole nitrogens is 2. The van der Waals surface area contributed by atoms with Gasteiger partial charge in [-0.15, -0.1) is 10.2 Å². The monoisotopic (exact) mass is 317 g/mol. The molecule has 110 valence electrons. The van der Waals surface area contributed by atoms with Crippen LogP contribution in [0, 0.1) is 5.82 Å². The van der Waals surface area contributed by atoms with Crippen LogP contribution < -0.4 is 5.56 Å². The zero-order chi connectivity index (χ0) is 15.5. The molecule has 0 fully saturated rings. The molecule has 2 N–H and O–H groups in total. The molecule has 0 saturated heterocycles. The number of hydrogen-bond acceptors (Lipinski definition) is 4. The summed E-state index contributed by atoms with van der Waals surface area (Å²) in [6, 6.07) is 7.23. The van der Waals surface area contributed by atoms with Crippen molar-refractivity contribution in [2.75, 3.05) is 0 Å². The first kappa shape index (κ1) is 14.2. The van der Waals surface area contributed by atoms with Gasteiger partial charge in [0.1, 0.15) is 11.5 Å². The number of rotatable bonds is 3. The molecule has 3 rings (SSSR count). The van der Waals surface area contributed by atoms with Crippen LogP contribution in [0.5, 0.6) is 0 Å². The first-order valence-electron chi connectivity index (χ1n) is 6.22. The summed E-state index contributed by atoms with van der Waals surface area (Å²) in [7, 11) is 0. The average molecular weight is 318 g/mol. The molecule has 0 saturated carbocycles. The molecule has 22 heavy (non-hydrogen) atoms. The lowest BCUT2D eigenvalue weighted by atomic mass is 10.1. The van der Waals surface area contributed by atoms with E-state index in [4.69, 9.17) is 11.6 Å². The number of azo groups is 1. The van der Waals surface area contributed by atoms with Gasteiger partial charge in [-0.25, -0.2) is 4.39 Å². The van der Waals surface area contributed by atoms with Crippen LogP contribution in [0.1, 0.15) is 0 Å². The van der Waals surface area contributed by atoms with E-state index in [-0.39, 0.29) is 11.5 Å². The molecular formula is C14H9ClFN5O. The number of nitrogens with zero attached hydrogens (tertiary/aromatic N) is 3. The second-order valence-corrected chi connectivity index (χ2v) is 4.81. The van der Waals surface area contributed by atoms with Gasteiger partial charge in [-0.2, -0.15) is 0 Å². The first-order valence-corrected chi connectivity index (χ1v) is 6.60. The van der Waals surface area contributed by atoms with E-state index in [9.17, 15) is 9.18 Å². The van der Waals surface area contributed by atoms with E-state index in [2.05, 4.69) is 25.4 Å². The van der Waals surface area contributed by atoms with Crippen LogP contribution in [-0.4, -0.2) is 15.2 Å². The maximum Gasteiger partial charge on any atom is 0.292 e. The summed E-state index contributed by atoms with van der Waals surface area (Å²) in [6.07, 6.45) is 2.93. The lowest BCUT2D eigenvalue weighted by molar-refractivity contribution is 0.628. The molecule has 1 aromatic carbocycles. The van der Waals surface area contributed by atoms with Crippen LogP contribution in [0.2, 0.25) is 5.02 Å². The molecule has 6 nitrogen and oxygen atoms in total. The Hall–Kier alpha value is -2.80. The summed E-state index contributed by atoms with van der Waals surface area (Å²) < 4.78 is 13.0. The van der Waals surface area contributed by atoms with Gasteiger partial charge in [0.05, 0.1) is 16.9 Å². The summed E-state index contributed by atoms with van der Waals surface area (Å²) in [5.74, 6) is -0.366. The van der Waals surface area contributed by atoms with Crippen LogP contribution in [0.3, 0.4) is 0 Å². The molecule has 3 aromatic rings. The molecule has 0 bridgehead atoms. The van der Waals surface area contributed by atoms with Crippen molar-refractivity contribution >= 4 is 23.0 Å². The number of nitrogens with one attached hydrogen (secondary N) is 2. The van der Waals surface area contributed by atoms with Crippen molar-refractivity contribution in [1.29, 1.82) is 0 Å². The van der Waals surface area contributed by atoms with Crippen molar-refractivity contribution in [3.63, 3.8) is 0 Å². The summed E-state index contributed by atoms with van der Waals surface area (Å²) in [5, 5.41) is 13.4.